The van der Waals surface area contributed by atoms with Crippen molar-refractivity contribution in [3.63, 3.8) is 0 Å². The van der Waals surface area contributed by atoms with Gasteiger partial charge in [-0.3, -0.25) is 4.79 Å². The molecule has 1 aliphatic rings. The van der Waals surface area contributed by atoms with Gasteiger partial charge in [-0.2, -0.15) is 5.10 Å². The fourth-order valence-electron chi connectivity index (χ4n) is 4.76. The zero-order valence-electron chi connectivity index (χ0n) is 21.0. The predicted octanol–water partition coefficient (Wildman–Crippen LogP) is 3.98. The smallest absolute Gasteiger partial charge is 0.293 e. The van der Waals surface area contributed by atoms with Gasteiger partial charge in [0.1, 0.15) is 5.82 Å². The number of H-pyrrole nitrogens is 1. The van der Waals surface area contributed by atoms with E-state index < -0.39 is 5.82 Å². The first-order chi connectivity index (χ1) is 18.5. The lowest BCUT2D eigenvalue weighted by Gasteiger charge is -2.29. The fraction of sp³-hybridized carbons (Fsp3) is 0.207. The highest BCUT2D eigenvalue weighted by Crippen LogP contribution is 2.26. The molecule has 38 heavy (non-hydrogen) atoms. The summed E-state index contributed by atoms with van der Waals surface area (Å²) in [5, 5.41) is 6.18. The summed E-state index contributed by atoms with van der Waals surface area (Å²) in [6, 6.07) is 21.0. The summed E-state index contributed by atoms with van der Waals surface area (Å²) in [5.74, 6) is -0.363. The molecule has 0 radical (unpaired) electrons. The van der Waals surface area contributed by atoms with Gasteiger partial charge in [0, 0.05) is 31.4 Å². The van der Waals surface area contributed by atoms with Crippen molar-refractivity contribution in [2.45, 2.75) is 6.54 Å². The number of ether oxygens (including phenoxy) is 1. The summed E-state index contributed by atoms with van der Waals surface area (Å²) >= 11 is 0. The molecular weight excluding hydrogens is 483 g/mol. The van der Waals surface area contributed by atoms with Crippen molar-refractivity contribution >= 4 is 28.2 Å². The van der Waals surface area contributed by atoms with Crippen molar-refractivity contribution in [2.75, 3.05) is 36.5 Å². The Hall–Kier alpha value is -4.50. The van der Waals surface area contributed by atoms with Crippen LogP contribution in [-0.4, -0.2) is 41.0 Å². The summed E-state index contributed by atoms with van der Waals surface area (Å²) in [7, 11) is 1.70. The molecule has 192 valence electrons. The van der Waals surface area contributed by atoms with Crippen molar-refractivity contribution in [3.8, 4) is 11.1 Å². The molecule has 6 rings (SSSR count). The van der Waals surface area contributed by atoms with E-state index in [1.807, 2.05) is 59.5 Å². The number of rotatable bonds is 6. The molecule has 9 heteroatoms. The molecule has 0 aliphatic carbocycles. The lowest BCUT2D eigenvalue weighted by molar-refractivity contribution is -0.742. The number of morpholine rings is 1. The molecule has 0 bridgehead atoms. The number of halogens is 1. The lowest BCUT2D eigenvalue weighted by Crippen LogP contribution is -2.36. The normalized spacial score (nSPS) is 13.7. The number of anilines is 3. The number of nitrogens with zero attached hydrogens (tertiary/aromatic N) is 4. The van der Waals surface area contributed by atoms with Gasteiger partial charge in [0.25, 0.3) is 5.56 Å². The topological polar surface area (TPSA) is 79.1 Å². The number of aryl methyl sites for hydroxylation is 1. The minimum absolute atomic E-state index is 0.0770. The standard InChI is InChI=1S/C29H27FN6O2/c1-34-27-15-21(22-17-31-36(19-22)18-20-5-3-2-4-6-20)7-9-26(27)33-28(29(34)37)32-25-10-8-23(16-24(25)30)35-11-13-38-14-12-35/h2-10,15-17,19H,11-14,18H2,1H3,(H,32,33)/p+1. The molecule has 2 aromatic heterocycles. The maximum atomic E-state index is 15.0. The molecule has 8 nitrogen and oxygen atoms in total. The first-order valence-electron chi connectivity index (χ1n) is 12.6. The molecule has 0 amide bonds. The van der Waals surface area contributed by atoms with Crippen molar-refractivity contribution in [2.24, 2.45) is 7.05 Å². The maximum absolute atomic E-state index is 15.0. The number of benzene rings is 3. The Kier molecular flexibility index (Phi) is 6.35. The van der Waals surface area contributed by atoms with E-state index in [1.54, 1.807) is 17.7 Å². The average molecular weight is 512 g/mol. The van der Waals surface area contributed by atoms with Crippen LogP contribution in [0.4, 0.5) is 21.6 Å². The second-order valence-corrected chi connectivity index (χ2v) is 9.39. The van der Waals surface area contributed by atoms with E-state index >= 15 is 0 Å². The Morgan fingerprint density at radius 3 is 2.66 bits per heavy atom. The Bertz CT molecular complexity index is 1660. The van der Waals surface area contributed by atoms with E-state index in [0.717, 1.165) is 36.4 Å². The highest BCUT2D eigenvalue weighted by Gasteiger charge is 2.16. The maximum Gasteiger partial charge on any atom is 0.293 e. The Labute approximate surface area is 218 Å². The van der Waals surface area contributed by atoms with Gasteiger partial charge < -0.3 is 19.5 Å². The highest BCUT2D eigenvalue weighted by atomic mass is 19.1. The van der Waals surface area contributed by atoms with Crippen LogP contribution in [0.25, 0.3) is 22.2 Å². The van der Waals surface area contributed by atoms with Gasteiger partial charge in [0.05, 0.1) is 41.7 Å². The van der Waals surface area contributed by atoms with E-state index in [9.17, 15) is 9.18 Å². The molecule has 5 aromatic rings. The van der Waals surface area contributed by atoms with Gasteiger partial charge in [-0.1, -0.05) is 36.4 Å². The first kappa shape index (κ1) is 23.9. The summed E-state index contributed by atoms with van der Waals surface area (Å²) in [6.07, 6.45) is 3.98. The Morgan fingerprint density at radius 2 is 1.87 bits per heavy atom. The lowest BCUT2D eigenvalue weighted by atomic mass is 10.1. The van der Waals surface area contributed by atoms with Crippen LogP contribution in [-0.2, 0) is 18.3 Å². The second-order valence-electron chi connectivity index (χ2n) is 9.39. The minimum Gasteiger partial charge on any atom is -0.378 e. The molecule has 0 unspecified atom stereocenters. The zero-order chi connectivity index (χ0) is 26.1. The van der Waals surface area contributed by atoms with Gasteiger partial charge in [-0.25, -0.2) is 9.37 Å². The van der Waals surface area contributed by atoms with E-state index in [0.29, 0.717) is 24.2 Å². The third kappa shape index (κ3) is 4.76. The number of aromatic nitrogens is 4. The van der Waals surface area contributed by atoms with Crippen LogP contribution in [0.1, 0.15) is 5.56 Å². The number of nitrogens with one attached hydrogen (secondary N) is 2. The van der Waals surface area contributed by atoms with E-state index in [1.165, 1.54) is 11.6 Å². The van der Waals surface area contributed by atoms with Crippen LogP contribution in [0, 0.1) is 5.82 Å². The quantitative estimate of drug-likeness (QED) is 0.337. The highest BCUT2D eigenvalue weighted by molar-refractivity contribution is 5.82. The van der Waals surface area contributed by atoms with Gasteiger partial charge >= 0.3 is 0 Å². The summed E-state index contributed by atoms with van der Waals surface area (Å²) < 4.78 is 23.9. The number of hydrogen-bond donors (Lipinski definition) is 2. The summed E-state index contributed by atoms with van der Waals surface area (Å²) in [4.78, 5) is 19.8. The van der Waals surface area contributed by atoms with Gasteiger partial charge in [-0.05, 0) is 35.9 Å². The van der Waals surface area contributed by atoms with Crippen LogP contribution in [0.2, 0.25) is 0 Å². The summed E-state index contributed by atoms with van der Waals surface area (Å²) in [6.45, 7) is 3.41. The molecule has 0 spiro atoms. The van der Waals surface area contributed by atoms with Crippen LogP contribution < -0.4 is 20.5 Å². The SMILES string of the molecule is Cn1c(=O)c(Nc2ccc(N3CCOCC3)cc2F)nc2ccc(-c3c[nH][n+](Cc4ccccc4)c3)cc21. The molecule has 0 saturated carbocycles. The van der Waals surface area contributed by atoms with Gasteiger partial charge in [0.15, 0.2) is 12.4 Å². The molecule has 1 saturated heterocycles. The fourth-order valence-corrected chi connectivity index (χ4v) is 4.76. The second kappa shape index (κ2) is 10.1. The van der Waals surface area contributed by atoms with Crippen molar-refractivity contribution < 1.29 is 13.8 Å². The molecule has 1 aliphatic heterocycles. The van der Waals surface area contributed by atoms with Gasteiger partial charge in [-0.15, -0.1) is 4.68 Å². The molecule has 3 aromatic carbocycles. The van der Waals surface area contributed by atoms with Crippen LogP contribution in [0.3, 0.4) is 0 Å². The van der Waals surface area contributed by atoms with E-state index in [2.05, 4.69) is 32.4 Å². The van der Waals surface area contributed by atoms with Crippen LogP contribution >= 0.6 is 0 Å². The van der Waals surface area contributed by atoms with Crippen molar-refractivity contribution in [3.05, 3.63) is 101 Å². The van der Waals surface area contributed by atoms with Crippen LogP contribution in [0.15, 0.2) is 83.9 Å². The number of hydrogen-bond acceptors (Lipinski definition) is 5. The van der Waals surface area contributed by atoms with E-state index in [4.69, 9.17) is 4.74 Å². The minimum atomic E-state index is -0.440. The summed E-state index contributed by atoms with van der Waals surface area (Å²) in [5.41, 5.74) is 5.15. The monoisotopic (exact) mass is 511 g/mol. The zero-order valence-corrected chi connectivity index (χ0v) is 21.0. The molecule has 2 N–H and O–H groups in total. The molecule has 0 atom stereocenters. The van der Waals surface area contributed by atoms with E-state index in [-0.39, 0.29) is 17.1 Å². The average Bonchev–Trinajstić information content (AvgIpc) is 3.42. The Morgan fingerprint density at radius 1 is 1.05 bits per heavy atom. The molecular formula is C29H28FN6O2+. The molecule has 3 heterocycles. The Balaban J connectivity index is 1.26. The van der Waals surface area contributed by atoms with Crippen molar-refractivity contribution in [1.82, 2.24) is 14.6 Å². The number of aromatic amines is 1. The first-order valence-corrected chi connectivity index (χ1v) is 12.6. The third-order valence-electron chi connectivity index (χ3n) is 6.87. The number of fused-ring (bicyclic) bond motifs is 1. The largest absolute Gasteiger partial charge is 0.378 e. The van der Waals surface area contributed by atoms with Gasteiger partial charge in [0.2, 0.25) is 6.20 Å². The van der Waals surface area contributed by atoms with Crippen molar-refractivity contribution in [1.29, 1.82) is 0 Å². The molecule has 1 fully saturated rings. The third-order valence-corrected chi connectivity index (χ3v) is 6.87. The van der Waals surface area contributed by atoms with Crippen LogP contribution in [0.5, 0.6) is 0 Å². The predicted molar refractivity (Wildman–Crippen MR) is 145 cm³/mol.